The number of hydrogen-bond acceptors (Lipinski definition) is 2. The van der Waals surface area contributed by atoms with E-state index in [0.717, 1.165) is 11.1 Å². The molecule has 1 aromatic carbocycles. The van der Waals surface area contributed by atoms with Gasteiger partial charge in [-0.05, 0) is 24.1 Å². The summed E-state index contributed by atoms with van der Waals surface area (Å²) in [6.45, 7) is 3.24. The first-order valence-electron chi connectivity index (χ1n) is 3.67. The molecule has 0 atom stereocenters. The molecule has 0 saturated carbocycles. The van der Waals surface area contributed by atoms with Gasteiger partial charge in [0.15, 0.2) is 0 Å². The van der Waals surface area contributed by atoms with Crippen LogP contribution in [0.25, 0.3) is 0 Å². The summed E-state index contributed by atoms with van der Waals surface area (Å²) >= 11 is 0. The van der Waals surface area contributed by atoms with Gasteiger partial charge in [-0.15, -0.1) is 0 Å². The number of benzene rings is 1. The molecule has 1 N–H and O–H groups in total. The molecule has 1 heterocycles. The molecule has 0 bridgehead atoms. The fourth-order valence-electron chi connectivity index (χ4n) is 1.41. The number of ether oxygens (including phenoxy) is 1. The lowest BCUT2D eigenvalue weighted by atomic mass is 10.0. The summed E-state index contributed by atoms with van der Waals surface area (Å²) in [6, 6.07) is 3.64. The third kappa shape index (κ3) is 0.906. The van der Waals surface area contributed by atoms with E-state index in [1.807, 2.05) is 13.0 Å². The Balaban J connectivity index is 2.64. The highest BCUT2D eigenvalue weighted by Gasteiger charge is 2.16. The van der Waals surface area contributed by atoms with Crippen LogP contribution in [0.15, 0.2) is 12.1 Å². The third-order valence-corrected chi connectivity index (χ3v) is 2.13. The van der Waals surface area contributed by atoms with E-state index in [4.69, 9.17) is 4.74 Å². The zero-order valence-corrected chi connectivity index (χ0v) is 6.42. The number of phenolic OH excluding ortho intramolecular Hbond substituents is 1. The van der Waals surface area contributed by atoms with E-state index < -0.39 is 0 Å². The molecule has 0 aromatic heterocycles. The van der Waals surface area contributed by atoms with Gasteiger partial charge < -0.3 is 9.84 Å². The summed E-state index contributed by atoms with van der Waals surface area (Å²) in [6.07, 6.45) is 0. The molecule has 0 saturated heterocycles. The van der Waals surface area contributed by atoms with Crippen molar-refractivity contribution < 1.29 is 9.84 Å². The Kier molecular flexibility index (Phi) is 1.36. The zero-order chi connectivity index (χ0) is 7.84. The van der Waals surface area contributed by atoms with Crippen molar-refractivity contribution in [1.29, 1.82) is 0 Å². The van der Waals surface area contributed by atoms with Gasteiger partial charge in [-0.2, -0.15) is 0 Å². The van der Waals surface area contributed by atoms with Gasteiger partial charge >= 0.3 is 0 Å². The molecule has 0 aliphatic carbocycles. The third-order valence-electron chi connectivity index (χ3n) is 2.13. The monoisotopic (exact) mass is 150 g/mol. The van der Waals surface area contributed by atoms with Crippen LogP contribution in [0, 0.1) is 6.92 Å². The fraction of sp³-hybridized carbons (Fsp3) is 0.333. The highest BCUT2D eigenvalue weighted by atomic mass is 16.5. The van der Waals surface area contributed by atoms with Crippen molar-refractivity contribution in [3.05, 3.63) is 28.8 Å². The summed E-state index contributed by atoms with van der Waals surface area (Å²) in [4.78, 5) is 0. The maximum absolute atomic E-state index is 9.38. The Bertz CT molecular complexity index is 263. The second kappa shape index (κ2) is 2.24. The molecule has 0 fully saturated rings. The molecule has 0 radical (unpaired) electrons. The van der Waals surface area contributed by atoms with Gasteiger partial charge in [-0.1, -0.05) is 6.07 Å². The average molecular weight is 150 g/mol. The number of aryl methyl sites for hydroxylation is 1. The molecule has 2 rings (SSSR count). The molecule has 0 amide bonds. The Morgan fingerprint density at radius 2 is 2.00 bits per heavy atom. The second-order valence-corrected chi connectivity index (χ2v) is 2.85. The summed E-state index contributed by atoms with van der Waals surface area (Å²) < 4.78 is 5.22. The topological polar surface area (TPSA) is 29.5 Å². The van der Waals surface area contributed by atoms with Gasteiger partial charge in [0, 0.05) is 5.56 Å². The van der Waals surface area contributed by atoms with Crippen LogP contribution < -0.4 is 0 Å². The molecular formula is C9H10O2. The van der Waals surface area contributed by atoms with E-state index in [9.17, 15) is 5.11 Å². The van der Waals surface area contributed by atoms with E-state index in [2.05, 4.69) is 0 Å². The van der Waals surface area contributed by atoms with Crippen molar-refractivity contribution >= 4 is 0 Å². The van der Waals surface area contributed by atoms with Crippen LogP contribution in [0.2, 0.25) is 0 Å². The van der Waals surface area contributed by atoms with Crippen LogP contribution in [0.1, 0.15) is 16.7 Å². The summed E-state index contributed by atoms with van der Waals surface area (Å²) in [5.74, 6) is 0.364. The lowest BCUT2D eigenvalue weighted by molar-refractivity contribution is 0.133. The van der Waals surface area contributed by atoms with E-state index in [1.54, 1.807) is 6.07 Å². The quantitative estimate of drug-likeness (QED) is 0.610. The summed E-state index contributed by atoms with van der Waals surface area (Å²) in [5, 5.41) is 9.38. The molecule has 11 heavy (non-hydrogen) atoms. The lowest BCUT2D eigenvalue weighted by Gasteiger charge is -2.02. The molecule has 1 aliphatic rings. The van der Waals surface area contributed by atoms with Gasteiger partial charge in [0.1, 0.15) is 5.75 Å². The van der Waals surface area contributed by atoms with Crippen LogP contribution in [-0.4, -0.2) is 5.11 Å². The summed E-state index contributed by atoms with van der Waals surface area (Å²) in [7, 11) is 0. The van der Waals surface area contributed by atoms with Gasteiger partial charge in [0.25, 0.3) is 0 Å². The van der Waals surface area contributed by atoms with Crippen molar-refractivity contribution in [2.45, 2.75) is 20.1 Å². The maximum atomic E-state index is 9.38. The molecule has 2 nitrogen and oxygen atoms in total. The molecule has 0 spiro atoms. The fourth-order valence-corrected chi connectivity index (χ4v) is 1.41. The number of hydrogen-bond donors (Lipinski definition) is 1. The van der Waals surface area contributed by atoms with Gasteiger partial charge in [-0.3, -0.25) is 0 Å². The first kappa shape index (κ1) is 6.68. The highest BCUT2D eigenvalue weighted by Crippen LogP contribution is 2.30. The number of fused-ring (bicyclic) bond motifs is 1. The first-order valence-corrected chi connectivity index (χ1v) is 3.67. The van der Waals surface area contributed by atoms with Crippen molar-refractivity contribution in [2.24, 2.45) is 0 Å². The number of phenols is 1. The normalized spacial score (nSPS) is 15.0. The predicted octanol–water partition coefficient (Wildman–Crippen LogP) is 1.73. The Morgan fingerprint density at radius 1 is 1.27 bits per heavy atom. The number of rotatable bonds is 0. The second-order valence-electron chi connectivity index (χ2n) is 2.85. The minimum atomic E-state index is 0.364. The number of aromatic hydroxyl groups is 1. The Hall–Kier alpha value is -1.02. The highest BCUT2D eigenvalue weighted by molar-refractivity contribution is 5.44. The van der Waals surface area contributed by atoms with E-state index in [0.29, 0.717) is 19.0 Å². The van der Waals surface area contributed by atoms with Crippen molar-refractivity contribution in [2.75, 3.05) is 0 Å². The zero-order valence-electron chi connectivity index (χ0n) is 6.42. The molecule has 1 aliphatic heterocycles. The molecule has 1 aromatic rings. The van der Waals surface area contributed by atoms with Crippen molar-refractivity contribution in [1.82, 2.24) is 0 Å². The average Bonchev–Trinajstić information content (AvgIpc) is 2.45. The van der Waals surface area contributed by atoms with Crippen LogP contribution in [0.4, 0.5) is 0 Å². The van der Waals surface area contributed by atoms with E-state index in [1.165, 1.54) is 5.56 Å². The van der Waals surface area contributed by atoms with Crippen molar-refractivity contribution in [3.8, 4) is 5.75 Å². The molecular weight excluding hydrogens is 140 g/mol. The van der Waals surface area contributed by atoms with Crippen LogP contribution >= 0.6 is 0 Å². The minimum absolute atomic E-state index is 0.364. The van der Waals surface area contributed by atoms with Crippen molar-refractivity contribution in [3.63, 3.8) is 0 Å². The Morgan fingerprint density at radius 3 is 2.73 bits per heavy atom. The molecule has 0 unspecified atom stereocenters. The summed E-state index contributed by atoms with van der Waals surface area (Å²) in [5.41, 5.74) is 3.32. The smallest absolute Gasteiger partial charge is 0.121 e. The standard InChI is InChI=1S/C9H10O2/c1-6-2-3-9(10)8-5-11-4-7(6)8/h2-3,10H,4-5H2,1H3. The van der Waals surface area contributed by atoms with Crippen LogP contribution in [0.3, 0.4) is 0 Å². The van der Waals surface area contributed by atoms with E-state index >= 15 is 0 Å². The van der Waals surface area contributed by atoms with E-state index in [-0.39, 0.29) is 0 Å². The predicted molar refractivity (Wildman–Crippen MR) is 41.3 cm³/mol. The van der Waals surface area contributed by atoms with Gasteiger partial charge in [0.2, 0.25) is 0 Å². The van der Waals surface area contributed by atoms with Crippen LogP contribution in [0.5, 0.6) is 5.75 Å². The lowest BCUT2D eigenvalue weighted by Crippen LogP contribution is -1.86. The van der Waals surface area contributed by atoms with Crippen LogP contribution in [-0.2, 0) is 18.0 Å². The first-order chi connectivity index (χ1) is 5.29. The van der Waals surface area contributed by atoms with Gasteiger partial charge in [-0.25, -0.2) is 0 Å². The molecule has 2 heteroatoms. The van der Waals surface area contributed by atoms with Gasteiger partial charge in [0.05, 0.1) is 13.2 Å². The maximum Gasteiger partial charge on any atom is 0.121 e. The largest absolute Gasteiger partial charge is 0.508 e. The Labute approximate surface area is 65.4 Å². The minimum Gasteiger partial charge on any atom is -0.508 e. The SMILES string of the molecule is Cc1ccc(O)c2c1COC2. The molecule has 58 valence electrons.